The van der Waals surface area contributed by atoms with E-state index in [1.165, 1.54) is 31.4 Å². The zero-order valence-corrected chi connectivity index (χ0v) is 15.3. The Hall–Kier alpha value is -2.75. The third-order valence-corrected chi connectivity index (χ3v) is 4.87. The monoisotopic (exact) mass is 402 g/mol. The van der Waals surface area contributed by atoms with Crippen LogP contribution in [-0.2, 0) is 10.0 Å². The molecule has 1 amide bonds. The number of anilines is 1. The predicted molar refractivity (Wildman–Crippen MR) is 93.3 cm³/mol. The van der Waals surface area contributed by atoms with Crippen LogP contribution in [0.25, 0.3) is 0 Å². The number of sulfonamides is 1. The molecule has 2 aromatic rings. The first-order valence-electron chi connectivity index (χ1n) is 7.61. The molecule has 2 aromatic carbocycles. The van der Waals surface area contributed by atoms with E-state index in [4.69, 9.17) is 4.74 Å². The number of hydrogen-bond acceptors (Lipinski definition) is 4. The Morgan fingerprint density at radius 2 is 1.81 bits per heavy atom. The maximum Gasteiger partial charge on any atom is 0.406 e. The lowest BCUT2D eigenvalue weighted by Gasteiger charge is -2.19. The molecule has 0 saturated carbocycles. The highest BCUT2D eigenvalue weighted by Crippen LogP contribution is 2.26. The van der Waals surface area contributed by atoms with Crippen molar-refractivity contribution in [3.63, 3.8) is 0 Å². The molecule has 0 aliphatic rings. The van der Waals surface area contributed by atoms with E-state index in [1.807, 2.05) is 0 Å². The second-order valence-electron chi connectivity index (χ2n) is 5.61. The molecule has 0 radical (unpaired) electrons. The van der Waals surface area contributed by atoms with Crippen molar-refractivity contribution in [2.75, 3.05) is 25.4 Å². The molecule has 0 saturated heterocycles. The van der Waals surface area contributed by atoms with Crippen molar-refractivity contribution in [2.24, 2.45) is 0 Å². The third-order valence-electron chi connectivity index (χ3n) is 3.51. The maximum atomic E-state index is 12.6. The van der Waals surface area contributed by atoms with Crippen molar-refractivity contribution in [3.05, 3.63) is 54.1 Å². The fourth-order valence-corrected chi connectivity index (χ4v) is 3.41. The number of amides is 1. The van der Waals surface area contributed by atoms with E-state index in [9.17, 15) is 26.4 Å². The summed E-state index contributed by atoms with van der Waals surface area (Å²) >= 11 is 0. The van der Waals surface area contributed by atoms with Crippen molar-refractivity contribution in [3.8, 4) is 5.75 Å². The molecule has 0 bridgehead atoms. The number of para-hydroxylation sites is 2. The molecule has 0 aliphatic carbocycles. The highest BCUT2D eigenvalue weighted by molar-refractivity contribution is 7.92. The zero-order valence-electron chi connectivity index (χ0n) is 14.4. The van der Waals surface area contributed by atoms with E-state index >= 15 is 0 Å². The third kappa shape index (κ3) is 5.36. The molecule has 146 valence electrons. The molecule has 1 N–H and O–H groups in total. The minimum Gasteiger partial charge on any atom is -0.495 e. The molecular formula is C17H17F3N2O4S. The van der Waals surface area contributed by atoms with Gasteiger partial charge in [-0.2, -0.15) is 13.2 Å². The fraction of sp³-hybridized carbons (Fsp3) is 0.235. The molecule has 0 heterocycles. The van der Waals surface area contributed by atoms with Gasteiger partial charge >= 0.3 is 6.18 Å². The maximum absolute atomic E-state index is 12.6. The Kier molecular flexibility index (Phi) is 5.99. The number of carbonyl (C=O) groups excluding carboxylic acids is 1. The number of hydrogen-bond donors (Lipinski definition) is 1. The average molecular weight is 402 g/mol. The Morgan fingerprint density at radius 1 is 1.15 bits per heavy atom. The van der Waals surface area contributed by atoms with E-state index in [2.05, 4.69) is 4.72 Å². The van der Waals surface area contributed by atoms with Crippen LogP contribution in [0.4, 0.5) is 18.9 Å². The summed E-state index contributed by atoms with van der Waals surface area (Å²) in [5, 5.41) is 0. The van der Waals surface area contributed by atoms with Gasteiger partial charge in [0.1, 0.15) is 12.3 Å². The quantitative estimate of drug-likeness (QED) is 0.806. The van der Waals surface area contributed by atoms with Crippen LogP contribution >= 0.6 is 0 Å². The first-order chi connectivity index (χ1) is 12.5. The van der Waals surface area contributed by atoms with E-state index in [0.29, 0.717) is 10.6 Å². The van der Waals surface area contributed by atoms with Gasteiger partial charge in [-0.25, -0.2) is 8.42 Å². The van der Waals surface area contributed by atoms with Gasteiger partial charge in [0.25, 0.3) is 15.9 Å². The highest BCUT2D eigenvalue weighted by atomic mass is 32.2. The molecule has 0 fully saturated rings. The lowest BCUT2D eigenvalue weighted by Crippen LogP contribution is -2.35. The van der Waals surface area contributed by atoms with Crippen LogP contribution in [0.3, 0.4) is 0 Å². The van der Waals surface area contributed by atoms with Crippen LogP contribution in [0, 0.1) is 0 Å². The number of methoxy groups -OCH3 is 1. The van der Waals surface area contributed by atoms with E-state index < -0.39 is 28.7 Å². The lowest BCUT2D eigenvalue weighted by molar-refractivity contribution is -0.138. The average Bonchev–Trinajstić information content (AvgIpc) is 2.60. The molecule has 0 spiro atoms. The smallest absolute Gasteiger partial charge is 0.406 e. The fourth-order valence-electron chi connectivity index (χ4n) is 2.29. The highest BCUT2D eigenvalue weighted by Gasteiger charge is 2.31. The van der Waals surface area contributed by atoms with Gasteiger partial charge in [0, 0.05) is 12.6 Å². The SMILES string of the molecule is COc1ccccc1NS(=O)(=O)c1cccc(C(=O)N(C)CC(F)(F)F)c1. The molecule has 27 heavy (non-hydrogen) atoms. The van der Waals surface area contributed by atoms with Crippen LogP contribution < -0.4 is 9.46 Å². The number of alkyl halides is 3. The summed E-state index contributed by atoms with van der Waals surface area (Å²) in [4.78, 5) is 12.4. The van der Waals surface area contributed by atoms with Gasteiger partial charge in [0.15, 0.2) is 0 Å². The molecule has 10 heteroatoms. The molecule has 0 aromatic heterocycles. The molecule has 2 rings (SSSR count). The molecular weight excluding hydrogens is 385 g/mol. The molecule has 0 aliphatic heterocycles. The predicted octanol–water partition coefficient (Wildman–Crippen LogP) is 3.13. The molecule has 0 atom stereocenters. The van der Waals surface area contributed by atoms with Gasteiger partial charge in [-0.3, -0.25) is 9.52 Å². The number of rotatable bonds is 6. The lowest BCUT2D eigenvalue weighted by atomic mass is 10.2. The second-order valence-corrected chi connectivity index (χ2v) is 7.29. The molecule has 6 nitrogen and oxygen atoms in total. The number of halogens is 3. The minimum atomic E-state index is -4.56. The van der Waals surface area contributed by atoms with Gasteiger partial charge in [0.2, 0.25) is 0 Å². The van der Waals surface area contributed by atoms with Crippen LogP contribution in [-0.4, -0.2) is 46.1 Å². The van der Waals surface area contributed by atoms with Crippen molar-refractivity contribution in [2.45, 2.75) is 11.1 Å². The Bertz CT molecular complexity index is 930. The first-order valence-corrected chi connectivity index (χ1v) is 9.10. The van der Waals surface area contributed by atoms with Crippen LogP contribution in [0.5, 0.6) is 5.75 Å². The number of carbonyl (C=O) groups is 1. The van der Waals surface area contributed by atoms with Gasteiger partial charge in [-0.15, -0.1) is 0 Å². The normalized spacial score (nSPS) is 11.7. The van der Waals surface area contributed by atoms with Crippen molar-refractivity contribution in [1.82, 2.24) is 4.90 Å². The first kappa shape index (κ1) is 20.6. The Labute approximate surface area is 154 Å². The summed E-state index contributed by atoms with van der Waals surface area (Å²) in [6.07, 6.45) is -4.56. The number of benzene rings is 2. The second kappa shape index (κ2) is 7.87. The summed E-state index contributed by atoms with van der Waals surface area (Å²) in [6.45, 7) is -1.44. The summed E-state index contributed by atoms with van der Waals surface area (Å²) in [6, 6.07) is 11.1. The standard InChI is InChI=1S/C17H17F3N2O4S/c1-22(11-17(18,19)20)16(23)12-6-5-7-13(10-12)27(24,25)21-14-8-3-4-9-15(14)26-2/h3-10,21H,11H2,1-2H3. The number of ether oxygens (including phenoxy) is 1. The largest absolute Gasteiger partial charge is 0.495 e. The van der Waals surface area contributed by atoms with Crippen molar-refractivity contribution in [1.29, 1.82) is 0 Å². The van der Waals surface area contributed by atoms with Crippen LogP contribution in [0.2, 0.25) is 0 Å². The number of nitrogens with one attached hydrogen (secondary N) is 1. The van der Waals surface area contributed by atoms with Gasteiger partial charge < -0.3 is 9.64 Å². The van der Waals surface area contributed by atoms with Crippen molar-refractivity contribution >= 4 is 21.6 Å². The van der Waals surface area contributed by atoms with E-state index in [-0.39, 0.29) is 16.1 Å². The zero-order chi connectivity index (χ0) is 20.2. The summed E-state index contributed by atoms with van der Waals surface area (Å²) in [5.41, 5.74) is 0.00979. The summed E-state index contributed by atoms with van der Waals surface area (Å²) in [7, 11) is -1.72. The Balaban J connectivity index is 2.29. The summed E-state index contributed by atoms with van der Waals surface area (Å²) < 4.78 is 69.9. The van der Waals surface area contributed by atoms with Crippen molar-refractivity contribution < 1.29 is 31.1 Å². The minimum absolute atomic E-state index is 0.176. The van der Waals surface area contributed by atoms with Gasteiger partial charge in [0.05, 0.1) is 17.7 Å². The Morgan fingerprint density at radius 3 is 2.44 bits per heavy atom. The van der Waals surface area contributed by atoms with E-state index in [0.717, 1.165) is 13.1 Å². The van der Waals surface area contributed by atoms with Crippen LogP contribution in [0.15, 0.2) is 53.4 Å². The molecule has 0 unspecified atom stereocenters. The topological polar surface area (TPSA) is 75.7 Å². The summed E-state index contributed by atoms with van der Waals surface area (Å²) in [5.74, 6) is -0.653. The van der Waals surface area contributed by atoms with E-state index in [1.54, 1.807) is 18.2 Å². The van der Waals surface area contributed by atoms with Crippen LogP contribution in [0.1, 0.15) is 10.4 Å². The number of nitrogens with zero attached hydrogens (tertiary/aromatic N) is 1. The van der Waals surface area contributed by atoms with Gasteiger partial charge in [-0.1, -0.05) is 18.2 Å². The van der Waals surface area contributed by atoms with Gasteiger partial charge in [-0.05, 0) is 30.3 Å².